The highest BCUT2D eigenvalue weighted by atomic mass is 35.5. The van der Waals surface area contributed by atoms with Crippen LogP contribution in [-0.4, -0.2) is 42.0 Å². The number of likely N-dealkylation sites (N-methyl/N-ethyl adjacent to an activating group) is 1. The fourth-order valence-electron chi connectivity index (χ4n) is 3.50. The Morgan fingerprint density at radius 3 is 2.39 bits per heavy atom. The minimum atomic E-state index is 0. The molecule has 3 rings (SSSR count). The number of fused-ring (bicyclic) bond motifs is 1. The van der Waals surface area contributed by atoms with Crippen LogP contribution in [0.5, 0.6) is 0 Å². The number of carbonyl (C=O) groups excluding carboxylic acids is 1. The van der Waals surface area contributed by atoms with Gasteiger partial charge < -0.3 is 4.90 Å². The Hall–Kier alpha value is -1.66. The summed E-state index contributed by atoms with van der Waals surface area (Å²) in [5.41, 5.74) is 5.33. The number of aryl methyl sites for hydroxylation is 3. The van der Waals surface area contributed by atoms with E-state index in [1.54, 1.807) is 11.3 Å². The Labute approximate surface area is 200 Å². The highest BCUT2D eigenvalue weighted by Gasteiger charge is 2.21. The van der Waals surface area contributed by atoms with Gasteiger partial charge in [-0.3, -0.25) is 9.69 Å². The predicted molar refractivity (Wildman–Crippen MR) is 136 cm³/mol. The SMILES string of the molecule is CCN(CC)CCN(C(=O)Cc1ccc(C)c(C)c1)c1nc2c(C)c(Cl)ccc2s1.Cl. The van der Waals surface area contributed by atoms with Crippen molar-refractivity contribution in [2.45, 2.75) is 41.0 Å². The van der Waals surface area contributed by atoms with Crippen molar-refractivity contribution in [2.75, 3.05) is 31.1 Å². The summed E-state index contributed by atoms with van der Waals surface area (Å²) in [4.78, 5) is 22.4. The highest BCUT2D eigenvalue weighted by molar-refractivity contribution is 7.22. The van der Waals surface area contributed by atoms with E-state index >= 15 is 0 Å². The van der Waals surface area contributed by atoms with Gasteiger partial charge in [0.1, 0.15) is 0 Å². The molecular formula is C24H31Cl2N3OS. The Bertz CT molecular complexity index is 1050. The average Bonchev–Trinajstić information content (AvgIpc) is 3.15. The van der Waals surface area contributed by atoms with Crippen LogP contribution in [0.4, 0.5) is 5.13 Å². The number of hydrogen-bond donors (Lipinski definition) is 0. The fraction of sp³-hybridized carbons (Fsp3) is 0.417. The number of thiazole rings is 1. The fourth-order valence-corrected chi connectivity index (χ4v) is 4.72. The van der Waals surface area contributed by atoms with Gasteiger partial charge in [0, 0.05) is 18.1 Å². The summed E-state index contributed by atoms with van der Waals surface area (Å²) in [7, 11) is 0. The quantitative estimate of drug-likeness (QED) is 0.384. The molecule has 1 aromatic heterocycles. The molecule has 0 unspecified atom stereocenters. The first-order valence-corrected chi connectivity index (χ1v) is 11.7. The Morgan fingerprint density at radius 1 is 1.03 bits per heavy atom. The minimum Gasteiger partial charge on any atom is -0.302 e. The van der Waals surface area contributed by atoms with Gasteiger partial charge in [-0.2, -0.15) is 0 Å². The van der Waals surface area contributed by atoms with Crippen LogP contribution < -0.4 is 4.90 Å². The molecule has 4 nitrogen and oxygen atoms in total. The Morgan fingerprint density at radius 2 is 1.74 bits per heavy atom. The largest absolute Gasteiger partial charge is 0.302 e. The molecule has 0 aliphatic heterocycles. The molecule has 0 saturated heterocycles. The number of benzene rings is 2. The van der Waals surface area contributed by atoms with Gasteiger partial charge in [-0.1, -0.05) is 55.0 Å². The maximum Gasteiger partial charge on any atom is 0.233 e. The van der Waals surface area contributed by atoms with Gasteiger partial charge in [0.2, 0.25) is 5.91 Å². The predicted octanol–water partition coefficient (Wildman–Crippen LogP) is 6.21. The first kappa shape index (κ1) is 25.6. The lowest BCUT2D eigenvalue weighted by Gasteiger charge is -2.25. The van der Waals surface area contributed by atoms with Crippen molar-refractivity contribution >= 4 is 56.6 Å². The van der Waals surface area contributed by atoms with Crippen molar-refractivity contribution in [1.82, 2.24) is 9.88 Å². The van der Waals surface area contributed by atoms with Crippen LogP contribution in [0.3, 0.4) is 0 Å². The molecule has 0 fully saturated rings. The van der Waals surface area contributed by atoms with Crippen molar-refractivity contribution in [3.05, 3.63) is 57.6 Å². The zero-order chi connectivity index (χ0) is 21.8. The van der Waals surface area contributed by atoms with E-state index in [0.29, 0.717) is 18.0 Å². The van der Waals surface area contributed by atoms with E-state index in [1.165, 1.54) is 11.1 Å². The number of amides is 1. The number of carbonyl (C=O) groups is 1. The van der Waals surface area contributed by atoms with Gasteiger partial charge in [0.25, 0.3) is 0 Å². The molecular weight excluding hydrogens is 449 g/mol. The smallest absolute Gasteiger partial charge is 0.233 e. The lowest BCUT2D eigenvalue weighted by atomic mass is 10.0. The van der Waals surface area contributed by atoms with Crippen LogP contribution >= 0.6 is 35.3 Å². The number of halogens is 2. The second-order valence-corrected chi connectivity index (χ2v) is 9.10. The summed E-state index contributed by atoms with van der Waals surface area (Å²) in [5.74, 6) is 0.0771. The Kier molecular flexibility index (Phi) is 9.31. The van der Waals surface area contributed by atoms with Gasteiger partial charge in [0.15, 0.2) is 5.13 Å². The molecule has 0 bridgehead atoms. The first-order valence-electron chi connectivity index (χ1n) is 10.5. The standard InChI is InChI=1S/C24H30ClN3OS.ClH/c1-6-27(7-2)12-13-28(22(29)15-19-9-8-16(3)17(4)14-19)24-26-23-18(5)20(25)10-11-21(23)30-24;/h8-11,14H,6-7,12-13,15H2,1-5H3;1H. The lowest BCUT2D eigenvalue weighted by Crippen LogP contribution is -2.39. The molecule has 0 saturated carbocycles. The van der Waals surface area contributed by atoms with Gasteiger partial charge in [-0.05, 0) is 68.2 Å². The van der Waals surface area contributed by atoms with Crippen molar-refractivity contribution in [1.29, 1.82) is 0 Å². The normalized spacial score (nSPS) is 11.1. The summed E-state index contributed by atoms with van der Waals surface area (Å²) in [6.45, 7) is 13.8. The van der Waals surface area contributed by atoms with Crippen molar-refractivity contribution < 1.29 is 4.79 Å². The number of nitrogens with zero attached hydrogens (tertiary/aromatic N) is 3. The van der Waals surface area contributed by atoms with E-state index in [4.69, 9.17) is 16.6 Å². The molecule has 7 heteroatoms. The van der Waals surface area contributed by atoms with Crippen LogP contribution in [0.2, 0.25) is 5.02 Å². The summed E-state index contributed by atoms with van der Waals surface area (Å²) in [6, 6.07) is 10.1. The van der Waals surface area contributed by atoms with Crippen LogP contribution in [0.25, 0.3) is 10.2 Å². The number of hydrogen-bond acceptors (Lipinski definition) is 4. The van der Waals surface area contributed by atoms with Crippen molar-refractivity contribution in [3.8, 4) is 0 Å². The van der Waals surface area contributed by atoms with Crippen molar-refractivity contribution in [3.63, 3.8) is 0 Å². The molecule has 2 aromatic carbocycles. The summed E-state index contributed by atoms with van der Waals surface area (Å²) in [5, 5.41) is 1.45. The van der Waals surface area contributed by atoms with E-state index in [9.17, 15) is 4.79 Å². The van der Waals surface area contributed by atoms with Gasteiger partial charge in [0.05, 0.1) is 16.6 Å². The average molecular weight is 481 g/mol. The zero-order valence-electron chi connectivity index (χ0n) is 18.9. The van der Waals surface area contributed by atoms with Gasteiger partial charge in [-0.15, -0.1) is 12.4 Å². The molecule has 1 heterocycles. The van der Waals surface area contributed by atoms with Crippen LogP contribution in [0.1, 0.15) is 36.1 Å². The first-order chi connectivity index (χ1) is 14.3. The van der Waals surface area contributed by atoms with Gasteiger partial charge in [-0.25, -0.2) is 4.98 Å². The number of rotatable bonds is 8. The van der Waals surface area contributed by atoms with Crippen molar-refractivity contribution in [2.24, 2.45) is 0 Å². The maximum absolute atomic E-state index is 13.4. The zero-order valence-corrected chi connectivity index (χ0v) is 21.3. The molecule has 0 N–H and O–H groups in total. The second-order valence-electron chi connectivity index (χ2n) is 7.68. The third-order valence-electron chi connectivity index (χ3n) is 5.73. The van der Waals surface area contributed by atoms with Crippen LogP contribution in [0.15, 0.2) is 30.3 Å². The van der Waals surface area contributed by atoms with Crippen LogP contribution in [0, 0.1) is 20.8 Å². The van der Waals surface area contributed by atoms with Gasteiger partial charge >= 0.3 is 0 Å². The van der Waals surface area contributed by atoms with E-state index < -0.39 is 0 Å². The molecule has 0 aliphatic rings. The van der Waals surface area contributed by atoms with E-state index in [2.05, 4.69) is 44.7 Å². The van der Waals surface area contributed by atoms with E-state index in [1.807, 2.05) is 30.0 Å². The molecule has 168 valence electrons. The summed E-state index contributed by atoms with van der Waals surface area (Å²) in [6.07, 6.45) is 0.370. The molecule has 0 radical (unpaired) electrons. The van der Waals surface area contributed by atoms with E-state index in [-0.39, 0.29) is 18.3 Å². The maximum atomic E-state index is 13.4. The molecule has 31 heavy (non-hydrogen) atoms. The lowest BCUT2D eigenvalue weighted by molar-refractivity contribution is -0.118. The summed E-state index contributed by atoms with van der Waals surface area (Å²) < 4.78 is 1.05. The third kappa shape index (κ3) is 5.98. The number of aromatic nitrogens is 1. The van der Waals surface area contributed by atoms with Crippen LogP contribution in [-0.2, 0) is 11.2 Å². The summed E-state index contributed by atoms with van der Waals surface area (Å²) >= 11 is 7.85. The molecule has 1 amide bonds. The van der Waals surface area contributed by atoms with E-state index in [0.717, 1.165) is 46.1 Å². The second kappa shape index (κ2) is 11.3. The topological polar surface area (TPSA) is 36.4 Å². The number of anilines is 1. The Balaban J connectivity index is 0.00000341. The minimum absolute atomic E-state index is 0. The molecule has 0 spiro atoms. The molecule has 3 aromatic rings. The molecule has 0 aliphatic carbocycles. The third-order valence-corrected chi connectivity index (χ3v) is 7.18. The highest BCUT2D eigenvalue weighted by Crippen LogP contribution is 2.33. The molecule has 0 atom stereocenters. The monoisotopic (exact) mass is 479 g/mol.